The smallest absolute Gasteiger partial charge is 0.354 e. The van der Waals surface area contributed by atoms with E-state index in [-0.39, 0.29) is 5.92 Å². The number of nitrogens with zero attached hydrogens (tertiary/aromatic N) is 6. The van der Waals surface area contributed by atoms with Crippen molar-refractivity contribution in [3.8, 4) is 0 Å². The fourth-order valence-corrected chi connectivity index (χ4v) is 3.37. The SMILES string of the molecule is Cn1cc(C(F)(F)F)nc1[C@H]1CCCN(c2ncnc3nc[nH]c23)C1. The lowest BCUT2D eigenvalue weighted by Crippen LogP contribution is -2.36. The van der Waals surface area contributed by atoms with Crippen molar-refractivity contribution >= 4 is 17.0 Å². The molecular formula is C15H16F3N7. The lowest BCUT2D eigenvalue weighted by molar-refractivity contribution is -0.141. The molecule has 1 N–H and O–H groups in total. The van der Waals surface area contributed by atoms with Crippen LogP contribution in [0, 0.1) is 0 Å². The number of halogens is 3. The van der Waals surface area contributed by atoms with Crippen LogP contribution in [-0.2, 0) is 13.2 Å². The number of aryl methyl sites for hydroxylation is 1. The third kappa shape index (κ3) is 2.81. The van der Waals surface area contributed by atoms with E-state index in [1.165, 1.54) is 10.9 Å². The standard InChI is InChI=1S/C15H16F3N7/c1-24-6-10(15(16,17)18)23-13(24)9-3-2-4-25(5-9)14-11-12(20-7-19-11)21-8-22-14/h6-9H,2-5H2,1H3,(H,19,20,21,22)/t9-/m0/s1. The van der Waals surface area contributed by atoms with Crippen molar-refractivity contribution in [3.05, 3.63) is 30.4 Å². The molecular weight excluding hydrogens is 335 g/mol. The second-order valence-corrected chi connectivity index (χ2v) is 6.18. The summed E-state index contributed by atoms with van der Waals surface area (Å²) in [5.41, 5.74) is 0.461. The number of H-pyrrole nitrogens is 1. The van der Waals surface area contributed by atoms with E-state index in [1.807, 2.05) is 0 Å². The number of piperidine rings is 1. The summed E-state index contributed by atoms with van der Waals surface area (Å²) in [6.07, 6.45) is 1.25. The van der Waals surface area contributed by atoms with Gasteiger partial charge in [0.15, 0.2) is 17.2 Å². The Balaban J connectivity index is 1.64. The summed E-state index contributed by atoms with van der Waals surface area (Å²) in [7, 11) is 1.61. The Hall–Kier alpha value is -2.65. The van der Waals surface area contributed by atoms with E-state index in [0.29, 0.717) is 18.0 Å². The van der Waals surface area contributed by atoms with Crippen LogP contribution in [0.1, 0.15) is 30.3 Å². The summed E-state index contributed by atoms with van der Waals surface area (Å²) in [4.78, 5) is 21.5. The lowest BCUT2D eigenvalue weighted by atomic mass is 9.97. The number of hydrogen-bond acceptors (Lipinski definition) is 5. The van der Waals surface area contributed by atoms with Crippen molar-refractivity contribution in [1.82, 2.24) is 29.5 Å². The number of imidazole rings is 2. The molecule has 1 atom stereocenters. The van der Waals surface area contributed by atoms with Gasteiger partial charge in [-0.15, -0.1) is 0 Å². The molecule has 1 aliphatic rings. The molecule has 0 spiro atoms. The highest BCUT2D eigenvalue weighted by molar-refractivity contribution is 5.82. The molecule has 0 radical (unpaired) electrons. The maximum absolute atomic E-state index is 12.9. The largest absolute Gasteiger partial charge is 0.434 e. The summed E-state index contributed by atoms with van der Waals surface area (Å²) in [5, 5.41) is 0. The molecule has 3 aromatic rings. The number of anilines is 1. The van der Waals surface area contributed by atoms with Crippen LogP contribution in [0.2, 0.25) is 0 Å². The molecule has 1 aliphatic heterocycles. The van der Waals surface area contributed by atoms with Crippen LogP contribution < -0.4 is 4.90 Å². The van der Waals surface area contributed by atoms with E-state index in [9.17, 15) is 13.2 Å². The maximum atomic E-state index is 12.9. The van der Waals surface area contributed by atoms with Gasteiger partial charge in [-0.25, -0.2) is 19.9 Å². The van der Waals surface area contributed by atoms with Crippen LogP contribution in [0.5, 0.6) is 0 Å². The summed E-state index contributed by atoms with van der Waals surface area (Å²) < 4.78 is 40.2. The van der Waals surface area contributed by atoms with E-state index < -0.39 is 11.9 Å². The molecule has 10 heteroatoms. The van der Waals surface area contributed by atoms with Crippen molar-refractivity contribution in [1.29, 1.82) is 0 Å². The Morgan fingerprint density at radius 2 is 2.08 bits per heavy atom. The number of aromatic amines is 1. The molecule has 3 aromatic heterocycles. The minimum Gasteiger partial charge on any atom is -0.354 e. The normalized spacial score (nSPS) is 18.9. The van der Waals surface area contributed by atoms with Crippen LogP contribution >= 0.6 is 0 Å². The molecule has 0 amide bonds. The zero-order chi connectivity index (χ0) is 17.6. The summed E-state index contributed by atoms with van der Waals surface area (Å²) in [6.45, 7) is 1.32. The van der Waals surface area contributed by atoms with E-state index in [2.05, 4.69) is 29.8 Å². The van der Waals surface area contributed by atoms with Crippen LogP contribution in [0.3, 0.4) is 0 Å². The number of nitrogens with one attached hydrogen (secondary N) is 1. The fourth-order valence-electron chi connectivity index (χ4n) is 3.37. The van der Waals surface area contributed by atoms with Gasteiger partial charge >= 0.3 is 6.18 Å². The molecule has 0 aliphatic carbocycles. The Bertz CT molecular complexity index is 898. The molecule has 132 valence electrons. The maximum Gasteiger partial charge on any atom is 0.434 e. The minimum atomic E-state index is -4.43. The molecule has 1 fully saturated rings. The van der Waals surface area contributed by atoms with Gasteiger partial charge in [0, 0.05) is 32.3 Å². The number of alkyl halides is 3. The van der Waals surface area contributed by atoms with Crippen molar-refractivity contribution in [2.24, 2.45) is 7.05 Å². The topological polar surface area (TPSA) is 75.5 Å². The highest BCUT2D eigenvalue weighted by Gasteiger charge is 2.36. The molecule has 4 heterocycles. The van der Waals surface area contributed by atoms with Crippen LogP contribution in [0.15, 0.2) is 18.9 Å². The van der Waals surface area contributed by atoms with Gasteiger partial charge in [-0.2, -0.15) is 13.2 Å². The summed E-state index contributed by atoms with van der Waals surface area (Å²) in [5.74, 6) is 1.08. The van der Waals surface area contributed by atoms with Gasteiger partial charge in [-0.05, 0) is 12.8 Å². The van der Waals surface area contributed by atoms with Gasteiger partial charge in [0.1, 0.15) is 17.7 Å². The van der Waals surface area contributed by atoms with Gasteiger partial charge in [-0.1, -0.05) is 0 Å². The van der Waals surface area contributed by atoms with E-state index in [1.54, 1.807) is 13.4 Å². The van der Waals surface area contributed by atoms with Gasteiger partial charge < -0.3 is 14.5 Å². The molecule has 25 heavy (non-hydrogen) atoms. The number of fused-ring (bicyclic) bond motifs is 1. The number of rotatable bonds is 2. The van der Waals surface area contributed by atoms with Gasteiger partial charge in [-0.3, -0.25) is 0 Å². The van der Waals surface area contributed by atoms with E-state index >= 15 is 0 Å². The highest BCUT2D eigenvalue weighted by Crippen LogP contribution is 2.33. The van der Waals surface area contributed by atoms with Crippen molar-refractivity contribution in [3.63, 3.8) is 0 Å². The third-order valence-electron chi connectivity index (χ3n) is 4.49. The van der Waals surface area contributed by atoms with E-state index in [0.717, 1.165) is 36.9 Å². The van der Waals surface area contributed by atoms with E-state index in [4.69, 9.17) is 0 Å². The Morgan fingerprint density at radius 1 is 1.24 bits per heavy atom. The van der Waals surface area contributed by atoms with Crippen molar-refractivity contribution in [2.75, 3.05) is 18.0 Å². The van der Waals surface area contributed by atoms with Crippen LogP contribution in [0.25, 0.3) is 11.2 Å². The minimum absolute atomic E-state index is 0.0946. The monoisotopic (exact) mass is 351 g/mol. The molecule has 0 aromatic carbocycles. The van der Waals surface area contributed by atoms with Gasteiger partial charge in [0.05, 0.1) is 6.33 Å². The lowest BCUT2D eigenvalue weighted by Gasteiger charge is -2.33. The fraction of sp³-hybridized carbons (Fsp3) is 0.467. The first-order valence-corrected chi connectivity index (χ1v) is 7.93. The zero-order valence-electron chi connectivity index (χ0n) is 13.5. The second-order valence-electron chi connectivity index (χ2n) is 6.18. The van der Waals surface area contributed by atoms with Crippen molar-refractivity contribution in [2.45, 2.75) is 24.9 Å². The number of hydrogen-bond donors (Lipinski definition) is 1. The highest BCUT2D eigenvalue weighted by atomic mass is 19.4. The first-order chi connectivity index (χ1) is 11.9. The number of aromatic nitrogens is 6. The molecule has 0 bridgehead atoms. The van der Waals surface area contributed by atoms with Gasteiger partial charge in [0.2, 0.25) is 0 Å². The molecule has 7 nitrogen and oxygen atoms in total. The molecule has 0 unspecified atom stereocenters. The average molecular weight is 351 g/mol. The Kier molecular flexibility index (Phi) is 3.62. The zero-order valence-corrected chi connectivity index (χ0v) is 13.5. The first-order valence-electron chi connectivity index (χ1n) is 7.93. The second kappa shape index (κ2) is 5.71. The predicted molar refractivity (Wildman–Crippen MR) is 84.1 cm³/mol. The van der Waals surface area contributed by atoms with Crippen LogP contribution in [0.4, 0.5) is 19.0 Å². The quantitative estimate of drug-likeness (QED) is 0.768. The Morgan fingerprint density at radius 3 is 2.84 bits per heavy atom. The van der Waals surface area contributed by atoms with Gasteiger partial charge in [0.25, 0.3) is 0 Å². The third-order valence-corrected chi connectivity index (χ3v) is 4.49. The summed E-state index contributed by atoms with van der Waals surface area (Å²) in [6, 6.07) is 0. The predicted octanol–water partition coefficient (Wildman–Crippen LogP) is 2.49. The summed E-state index contributed by atoms with van der Waals surface area (Å²) >= 11 is 0. The van der Waals surface area contributed by atoms with Crippen LogP contribution in [-0.4, -0.2) is 42.6 Å². The molecule has 0 saturated carbocycles. The average Bonchev–Trinajstić information content (AvgIpc) is 3.20. The Labute approximate surface area is 140 Å². The first kappa shape index (κ1) is 15.9. The van der Waals surface area contributed by atoms with Crippen molar-refractivity contribution < 1.29 is 13.2 Å². The molecule has 4 rings (SSSR count). The molecule has 1 saturated heterocycles.